The summed E-state index contributed by atoms with van der Waals surface area (Å²) in [6, 6.07) is 20.1. The summed E-state index contributed by atoms with van der Waals surface area (Å²) in [6.45, 7) is 1.74. The molecule has 164 valence electrons. The normalized spacial score (nSPS) is 15.2. The topological polar surface area (TPSA) is 80.6 Å². The molecule has 0 unspecified atom stereocenters. The first-order valence-corrected chi connectivity index (χ1v) is 10.6. The molecule has 3 aromatic rings. The molecule has 8 heteroatoms. The van der Waals surface area contributed by atoms with Crippen molar-refractivity contribution in [2.24, 2.45) is 5.10 Å². The van der Waals surface area contributed by atoms with E-state index < -0.39 is 6.23 Å². The summed E-state index contributed by atoms with van der Waals surface area (Å²) in [7, 11) is 1.46. The number of carbonyl (C=O) groups excluding carboxylic acids is 1. The molecule has 0 spiro atoms. The number of nitrogens with zero attached hydrogens (tertiary/aromatic N) is 2. The van der Waals surface area contributed by atoms with Gasteiger partial charge < -0.3 is 19.3 Å². The highest BCUT2D eigenvalue weighted by Gasteiger charge is 2.36. The first-order chi connectivity index (χ1) is 15.5. The second-order valence-electron chi connectivity index (χ2n) is 7.05. The van der Waals surface area contributed by atoms with E-state index in [1.165, 1.54) is 19.0 Å². The van der Waals surface area contributed by atoms with Gasteiger partial charge in [-0.3, -0.25) is 4.79 Å². The molecule has 1 aliphatic heterocycles. The molecular formula is C24H21BrN2O5. The van der Waals surface area contributed by atoms with Gasteiger partial charge in [0.05, 0.1) is 18.2 Å². The Labute approximate surface area is 194 Å². The summed E-state index contributed by atoms with van der Waals surface area (Å²) in [6.07, 6.45) is -0.933. The maximum absolute atomic E-state index is 12.3. The number of benzene rings is 3. The smallest absolute Gasteiger partial charge is 0.244 e. The zero-order valence-corrected chi connectivity index (χ0v) is 19.1. The van der Waals surface area contributed by atoms with Crippen LogP contribution in [-0.4, -0.2) is 29.0 Å². The summed E-state index contributed by atoms with van der Waals surface area (Å²) < 4.78 is 18.2. The highest BCUT2D eigenvalue weighted by molar-refractivity contribution is 9.10. The van der Waals surface area contributed by atoms with Crippen LogP contribution < -0.4 is 9.47 Å². The Morgan fingerprint density at radius 3 is 2.53 bits per heavy atom. The van der Waals surface area contributed by atoms with Crippen molar-refractivity contribution in [3.8, 4) is 17.2 Å². The Bertz CT molecular complexity index is 1160. The van der Waals surface area contributed by atoms with E-state index in [9.17, 15) is 9.90 Å². The number of rotatable bonds is 6. The Hall–Kier alpha value is -3.52. The van der Waals surface area contributed by atoms with E-state index in [0.29, 0.717) is 23.5 Å². The molecule has 3 aromatic carbocycles. The summed E-state index contributed by atoms with van der Waals surface area (Å²) >= 11 is 3.42. The van der Waals surface area contributed by atoms with Crippen molar-refractivity contribution in [3.63, 3.8) is 0 Å². The molecular weight excluding hydrogens is 476 g/mol. The predicted octanol–water partition coefficient (Wildman–Crippen LogP) is 4.98. The van der Waals surface area contributed by atoms with Gasteiger partial charge in [0, 0.05) is 11.4 Å². The monoisotopic (exact) mass is 496 g/mol. The van der Waals surface area contributed by atoms with Crippen LogP contribution in [0.2, 0.25) is 0 Å². The van der Waals surface area contributed by atoms with Crippen molar-refractivity contribution in [3.05, 3.63) is 87.9 Å². The van der Waals surface area contributed by atoms with Crippen molar-refractivity contribution in [2.75, 3.05) is 7.11 Å². The Morgan fingerprint density at radius 2 is 1.81 bits per heavy atom. The molecule has 1 atom stereocenters. The number of amides is 1. The lowest BCUT2D eigenvalue weighted by Gasteiger charge is -2.21. The average Bonchev–Trinajstić information content (AvgIpc) is 3.24. The van der Waals surface area contributed by atoms with Crippen LogP contribution in [0.3, 0.4) is 0 Å². The van der Waals surface area contributed by atoms with Crippen LogP contribution in [0.15, 0.2) is 76.3 Å². The van der Waals surface area contributed by atoms with Crippen molar-refractivity contribution in [1.29, 1.82) is 0 Å². The number of methoxy groups -OCH3 is 1. The van der Waals surface area contributed by atoms with Crippen LogP contribution in [-0.2, 0) is 16.1 Å². The number of hydrogen-bond acceptors (Lipinski definition) is 6. The number of hydrazone groups is 1. The summed E-state index contributed by atoms with van der Waals surface area (Å²) in [5.41, 5.74) is 1.97. The summed E-state index contributed by atoms with van der Waals surface area (Å²) in [5, 5.41) is 16.1. The van der Waals surface area contributed by atoms with Crippen molar-refractivity contribution in [2.45, 2.75) is 19.8 Å². The lowest BCUT2D eigenvalue weighted by atomic mass is 10.1. The quantitative estimate of drug-likeness (QED) is 0.520. The van der Waals surface area contributed by atoms with E-state index in [0.717, 1.165) is 10.0 Å². The van der Waals surface area contributed by atoms with E-state index in [-0.39, 0.29) is 23.3 Å². The van der Waals surface area contributed by atoms with Crippen molar-refractivity contribution >= 4 is 27.7 Å². The summed E-state index contributed by atoms with van der Waals surface area (Å²) in [4.78, 5) is 12.3. The lowest BCUT2D eigenvalue weighted by Crippen LogP contribution is -2.25. The van der Waals surface area contributed by atoms with Gasteiger partial charge in [0.2, 0.25) is 18.0 Å². The number of phenolic OH excluding ortho intramolecular Hbond substituents is 1. The fraction of sp³-hybridized carbons (Fsp3) is 0.167. The van der Waals surface area contributed by atoms with Gasteiger partial charge in [0.1, 0.15) is 12.4 Å². The maximum atomic E-state index is 12.3. The standard InChI is InChI=1S/C24H21BrN2O5/c1-15(28)27-24(19-7-5-9-21(30-2)22(19)29)32-23(26-27)18-6-3-4-8-20(18)31-14-16-10-12-17(25)13-11-16/h3-13,24,29H,14H2,1-2H3/t24-/m0/s1. The Kier molecular flexibility index (Phi) is 6.32. The van der Waals surface area contributed by atoms with Crippen molar-refractivity contribution in [1.82, 2.24) is 5.01 Å². The number of phenols is 1. The van der Waals surface area contributed by atoms with E-state index in [4.69, 9.17) is 14.2 Å². The summed E-state index contributed by atoms with van der Waals surface area (Å²) in [5.74, 6) is 0.622. The van der Waals surface area contributed by atoms with Crippen LogP contribution in [0.1, 0.15) is 29.8 Å². The van der Waals surface area contributed by atoms with Crippen LogP contribution >= 0.6 is 15.9 Å². The van der Waals surface area contributed by atoms with Gasteiger partial charge in [-0.2, -0.15) is 5.01 Å². The molecule has 32 heavy (non-hydrogen) atoms. The van der Waals surface area contributed by atoms with E-state index in [1.54, 1.807) is 18.2 Å². The molecule has 4 rings (SSSR count). The van der Waals surface area contributed by atoms with Crippen LogP contribution in [0, 0.1) is 0 Å². The van der Waals surface area contributed by atoms with Gasteiger partial charge in [-0.1, -0.05) is 46.3 Å². The molecule has 0 aliphatic carbocycles. The molecule has 0 radical (unpaired) electrons. The van der Waals surface area contributed by atoms with Crippen LogP contribution in [0.5, 0.6) is 17.2 Å². The zero-order chi connectivity index (χ0) is 22.7. The Morgan fingerprint density at radius 1 is 1.09 bits per heavy atom. The molecule has 1 amide bonds. The third kappa shape index (κ3) is 4.40. The first kappa shape index (κ1) is 21.7. The largest absolute Gasteiger partial charge is 0.504 e. The number of para-hydroxylation sites is 2. The van der Waals surface area contributed by atoms with Gasteiger partial charge in [0.25, 0.3) is 0 Å². The first-order valence-electron chi connectivity index (χ1n) is 9.85. The Balaban J connectivity index is 1.62. The number of ether oxygens (including phenoxy) is 3. The fourth-order valence-corrected chi connectivity index (χ4v) is 3.56. The van der Waals surface area contributed by atoms with Gasteiger partial charge in [-0.05, 0) is 42.0 Å². The predicted molar refractivity (Wildman–Crippen MR) is 122 cm³/mol. The number of hydrogen-bond donors (Lipinski definition) is 1. The number of aromatic hydroxyl groups is 1. The van der Waals surface area contributed by atoms with Gasteiger partial charge in [0.15, 0.2) is 11.5 Å². The number of carbonyl (C=O) groups is 1. The number of halogens is 1. The average molecular weight is 497 g/mol. The van der Waals surface area contributed by atoms with Gasteiger partial charge >= 0.3 is 0 Å². The molecule has 0 saturated heterocycles. The van der Waals surface area contributed by atoms with E-state index in [2.05, 4.69) is 21.0 Å². The third-order valence-corrected chi connectivity index (χ3v) is 5.44. The zero-order valence-electron chi connectivity index (χ0n) is 17.5. The molecule has 0 bridgehead atoms. The molecule has 0 aromatic heterocycles. The third-order valence-electron chi connectivity index (χ3n) is 4.91. The SMILES string of the molecule is COc1cccc([C@@H]2OC(c3ccccc3OCc3ccc(Br)cc3)=NN2C(C)=O)c1O. The van der Waals surface area contributed by atoms with Crippen LogP contribution in [0.25, 0.3) is 0 Å². The molecule has 0 saturated carbocycles. The molecule has 7 nitrogen and oxygen atoms in total. The molecule has 1 N–H and O–H groups in total. The maximum Gasteiger partial charge on any atom is 0.244 e. The van der Waals surface area contributed by atoms with Gasteiger partial charge in [-0.15, -0.1) is 5.10 Å². The molecule has 1 aliphatic rings. The second kappa shape index (κ2) is 9.32. The van der Waals surface area contributed by atoms with Gasteiger partial charge in [-0.25, -0.2) is 0 Å². The van der Waals surface area contributed by atoms with Crippen molar-refractivity contribution < 1.29 is 24.1 Å². The minimum absolute atomic E-state index is 0.109. The van der Waals surface area contributed by atoms with E-state index in [1.807, 2.05) is 48.5 Å². The fourth-order valence-electron chi connectivity index (χ4n) is 3.29. The minimum atomic E-state index is -0.933. The molecule has 1 heterocycles. The lowest BCUT2D eigenvalue weighted by molar-refractivity contribution is -0.135. The highest BCUT2D eigenvalue weighted by atomic mass is 79.9. The minimum Gasteiger partial charge on any atom is -0.504 e. The molecule has 0 fully saturated rings. The highest BCUT2D eigenvalue weighted by Crippen LogP contribution is 2.40. The second-order valence-corrected chi connectivity index (χ2v) is 7.96. The van der Waals surface area contributed by atoms with Crippen LogP contribution in [0.4, 0.5) is 0 Å². The van der Waals surface area contributed by atoms with E-state index >= 15 is 0 Å².